The maximum absolute atomic E-state index is 5.89. The summed E-state index contributed by atoms with van der Waals surface area (Å²) < 4.78 is 6.07. The lowest BCUT2D eigenvalue weighted by atomic mass is 10.1. The van der Waals surface area contributed by atoms with Gasteiger partial charge in [0.1, 0.15) is 11.6 Å². The molecule has 1 atom stereocenters. The normalized spacial score (nSPS) is 13.1. The number of hydrogen-bond acceptors (Lipinski definition) is 4. The molecule has 0 amide bonds. The fourth-order valence-electron chi connectivity index (χ4n) is 1.43. The van der Waals surface area contributed by atoms with E-state index in [9.17, 15) is 0 Å². The Kier molecular flexibility index (Phi) is 4.91. The van der Waals surface area contributed by atoms with Crippen LogP contribution in [0.2, 0.25) is 0 Å². The van der Waals surface area contributed by atoms with Gasteiger partial charge in [0.15, 0.2) is 0 Å². The predicted molar refractivity (Wildman–Crippen MR) is 73.5 cm³/mol. The van der Waals surface area contributed by atoms with E-state index < -0.39 is 0 Å². The topological polar surface area (TPSA) is 61.0 Å². The Labute approximate surface area is 110 Å². The SMILES string of the molecule is COCC(C)c1nc(N)c(I)c(C(C)C)n1. The molecule has 0 saturated carbocycles. The summed E-state index contributed by atoms with van der Waals surface area (Å²) in [5, 5.41) is 0. The van der Waals surface area contributed by atoms with E-state index in [0.29, 0.717) is 18.3 Å². The molecule has 0 bridgehead atoms. The molecule has 1 unspecified atom stereocenters. The number of rotatable bonds is 4. The van der Waals surface area contributed by atoms with Crippen LogP contribution in [0.4, 0.5) is 5.82 Å². The molecule has 1 rings (SSSR count). The summed E-state index contributed by atoms with van der Waals surface area (Å²) in [7, 11) is 1.68. The average Bonchev–Trinajstić information content (AvgIpc) is 2.21. The van der Waals surface area contributed by atoms with Crippen molar-refractivity contribution in [2.24, 2.45) is 0 Å². The molecule has 5 heteroatoms. The van der Waals surface area contributed by atoms with Gasteiger partial charge < -0.3 is 10.5 Å². The predicted octanol–water partition coefficient (Wildman–Crippen LogP) is 2.54. The van der Waals surface area contributed by atoms with Crippen LogP contribution in [0.15, 0.2) is 0 Å². The Morgan fingerprint density at radius 1 is 1.31 bits per heavy atom. The second-order valence-electron chi connectivity index (χ2n) is 4.18. The van der Waals surface area contributed by atoms with Gasteiger partial charge in [-0.2, -0.15) is 0 Å². The van der Waals surface area contributed by atoms with Crippen LogP contribution in [0.1, 0.15) is 44.1 Å². The van der Waals surface area contributed by atoms with Crippen molar-refractivity contribution in [1.82, 2.24) is 9.97 Å². The van der Waals surface area contributed by atoms with E-state index in [1.165, 1.54) is 0 Å². The first kappa shape index (κ1) is 13.6. The van der Waals surface area contributed by atoms with E-state index >= 15 is 0 Å². The molecule has 4 nitrogen and oxygen atoms in total. The van der Waals surface area contributed by atoms with E-state index in [4.69, 9.17) is 10.5 Å². The summed E-state index contributed by atoms with van der Waals surface area (Å²) in [5.41, 5.74) is 6.91. The number of nitrogens with zero attached hydrogens (tertiary/aromatic N) is 2. The molecule has 0 radical (unpaired) electrons. The fourth-order valence-corrected chi connectivity index (χ4v) is 2.29. The van der Waals surface area contributed by atoms with Crippen LogP contribution in [0.25, 0.3) is 0 Å². The molecule has 2 N–H and O–H groups in total. The zero-order valence-corrected chi connectivity index (χ0v) is 12.3. The molecule has 0 fully saturated rings. The summed E-state index contributed by atoms with van der Waals surface area (Å²) in [6, 6.07) is 0. The highest BCUT2D eigenvalue weighted by molar-refractivity contribution is 14.1. The van der Waals surface area contributed by atoms with Crippen molar-refractivity contribution >= 4 is 28.4 Å². The first-order valence-electron chi connectivity index (χ1n) is 5.29. The number of ether oxygens (including phenoxy) is 1. The zero-order valence-electron chi connectivity index (χ0n) is 10.1. The lowest BCUT2D eigenvalue weighted by Gasteiger charge is -2.14. The molecule has 1 aromatic rings. The third-order valence-electron chi connectivity index (χ3n) is 2.32. The van der Waals surface area contributed by atoms with Gasteiger partial charge in [-0.15, -0.1) is 0 Å². The molecule has 0 aliphatic heterocycles. The molecule has 90 valence electrons. The maximum Gasteiger partial charge on any atom is 0.140 e. The summed E-state index contributed by atoms with van der Waals surface area (Å²) in [4.78, 5) is 8.89. The maximum atomic E-state index is 5.89. The first-order chi connectivity index (χ1) is 7.47. The minimum Gasteiger partial charge on any atom is -0.384 e. The lowest BCUT2D eigenvalue weighted by Crippen LogP contribution is -2.13. The molecule has 1 aromatic heterocycles. The van der Waals surface area contributed by atoms with Gasteiger partial charge in [0.05, 0.1) is 15.9 Å². The Bertz CT molecular complexity index is 368. The zero-order chi connectivity index (χ0) is 12.3. The van der Waals surface area contributed by atoms with Gasteiger partial charge in [-0.3, -0.25) is 0 Å². The smallest absolute Gasteiger partial charge is 0.140 e. The second kappa shape index (κ2) is 5.77. The molecular weight excluding hydrogens is 317 g/mol. The van der Waals surface area contributed by atoms with Gasteiger partial charge in [-0.05, 0) is 28.5 Å². The summed E-state index contributed by atoms with van der Waals surface area (Å²) >= 11 is 2.20. The van der Waals surface area contributed by atoms with Crippen molar-refractivity contribution in [3.8, 4) is 0 Å². The van der Waals surface area contributed by atoms with Crippen molar-refractivity contribution in [3.63, 3.8) is 0 Å². The van der Waals surface area contributed by atoms with Crippen molar-refractivity contribution in [2.45, 2.75) is 32.6 Å². The first-order valence-corrected chi connectivity index (χ1v) is 6.37. The number of nitrogen functional groups attached to an aromatic ring is 1. The molecule has 0 saturated heterocycles. The monoisotopic (exact) mass is 335 g/mol. The van der Waals surface area contributed by atoms with E-state index in [-0.39, 0.29) is 5.92 Å². The number of methoxy groups -OCH3 is 1. The molecular formula is C11H18IN3O. The van der Waals surface area contributed by atoms with Gasteiger partial charge in [0.25, 0.3) is 0 Å². The highest BCUT2D eigenvalue weighted by atomic mass is 127. The highest BCUT2D eigenvalue weighted by Gasteiger charge is 2.16. The van der Waals surface area contributed by atoms with Gasteiger partial charge in [-0.1, -0.05) is 20.8 Å². The standard InChI is InChI=1S/C11H18IN3O/c1-6(2)9-8(12)10(13)15-11(14-9)7(3)5-16-4/h6-7H,5H2,1-4H3,(H2,13,14,15). The number of anilines is 1. The Hall–Kier alpha value is -0.430. The minimum absolute atomic E-state index is 0.168. The van der Waals surface area contributed by atoms with Crippen LogP contribution in [-0.4, -0.2) is 23.7 Å². The summed E-state index contributed by atoms with van der Waals surface area (Å²) in [6.07, 6.45) is 0. The van der Waals surface area contributed by atoms with Gasteiger partial charge in [0.2, 0.25) is 0 Å². The molecule has 0 aliphatic rings. The number of halogens is 1. The second-order valence-corrected chi connectivity index (χ2v) is 5.26. The minimum atomic E-state index is 0.168. The third kappa shape index (κ3) is 3.04. The Morgan fingerprint density at radius 2 is 1.94 bits per heavy atom. The van der Waals surface area contributed by atoms with Crippen molar-refractivity contribution < 1.29 is 4.74 Å². The average molecular weight is 335 g/mol. The van der Waals surface area contributed by atoms with E-state index in [1.54, 1.807) is 7.11 Å². The van der Waals surface area contributed by atoms with E-state index in [1.807, 2.05) is 6.92 Å². The van der Waals surface area contributed by atoms with Crippen molar-refractivity contribution in [3.05, 3.63) is 15.1 Å². The quantitative estimate of drug-likeness (QED) is 0.859. The molecule has 16 heavy (non-hydrogen) atoms. The van der Waals surface area contributed by atoms with Crippen LogP contribution >= 0.6 is 22.6 Å². The molecule has 0 spiro atoms. The number of aromatic nitrogens is 2. The van der Waals surface area contributed by atoms with Crippen LogP contribution in [0.3, 0.4) is 0 Å². The summed E-state index contributed by atoms with van der Waals surface area (Å²) in [5.74, 6) is 1.85. The largest absolute Gasteiger partial charge is 0.384 e. The van der Waals surface area contributed by atoms with E-state index in [2.05, 4.69) is 46.4 Å². The van der Waals surface area contributed by atoms with Gasteiger partial charge in [-0.25, -0.2) is 9.97 Å². The van der Waals surface area contributed by atoms with Crippen LogP contribution in [0.5, 0.6) is 0 Å². The molecule has 0 aromatic carbocycles. The van der Waals surface area contributed by atoms with Crippen LogP contribution < -0.4 is 5.73 Å². The third-order valence-corrected chi connectivity index (χ3v) is 3.43. The van der Waals surface area contributed by atoms with Gasteiger partial charge >= 0.3 is 0 Å². The fraction of sp³-hybridized carbons (Fsp3) is 0.636. The number of nitrogens with two attached hydrogens (primary N) is 1. The van der Waals surface area contributed by atoms with Crippen LogP contribution in [0, 0.1) is 3.57 Å². The Balaban J connectivity index is 3.13. The van der Waals surface area contributed by atoms with Crippen LogP contribution in [-0.2, 0) is 4.74 Å². The van der Waals surface area contributed by atoms with Gasteiger partial charge in [0, 0.05) is 13.0 Å². The lowest BCUT2D eigenvalue weighted by molar-refractivity contribution is 0.181. The Morgan fingerprint density at radius 3 is 2.44 bits per heavy atom. The number of hydrogen-bond donors (Lipinski definition) is 1. The summed E-state index contributed by atoms with van der Waals surface area (Å²) in [6.45, 7) is 6.86. The van der Waals surface area contributed by atoms with Crippen molar-refractivity contribution in [2.75, 3.05) is 19.5 Å². The highest BCUT2D eigenvalue weighted by Crippen LogP contribution is 2.25. The van der Waals surface area contributed by atoms with E-state index in [0.717, 1.165) is 15.1 Å². The molecule has 0 aliphatic carbocycles. The van der Waals surface area contributed by atoms with Crippen molar-refractivity contribution in [1.29, 1.82) is 0 Å². The molecule has 1 heterocycles.